The van der Waals surface area contributed by atoms with Crippen LogP contribution in [0.3, 0.4) is 0 Å². The van der Waals surface area contributed by atoms with Crippen molar-refractivity contribution in [3.8, 4) is 11.5 Å². The van der Waals surface area contributed by atoms with Gasteiger partial charge in [0.1, 0.15) is 11.5 Å². The van der Waals surface area contributed by atoms with Crippen molar-refractivity contribution in [2.45, 2.75) is 56.4 Å². The highest BCUT2D eigenvalue weighted by Gasteiger charge is 2.53. The predicted molar refractivity (Wildman–Crippen MR) is 119 cm³/mol. The van der Waals surface area contributed by atoms with Gasteiger partial charge in [0.2, 0.25) is 0 Å². The van der Waals surface area contributed by atoms with Gasteiger partial charge in [0.25, 0.3) is 0 Å². The Morgan fingerprint density at radius 2 is 1.93 bits per heavy atom. The van der Waals surface area contributed by atoms with Gasteiger partial charge in [-0.2, -0.15) is 0 Å². The smallest absolute Gasteiger partial charge is 0.118 e. The number of hydrogen-bond donors (Lipinski definition) is 1. The van der Waals surface area contributed by atoms with Gasteiger partial charge < -0.3 is 9.84 Å². The molecule has 156 valence electrons. The topological polar surface area (TPSA) is 32.7 Å². The molecule has 0 amide bonds. The maximum Gasteiger partial charge on any atom is 0.118 e. The number of piperidine rings is 1. The van der Waals surface area contributed by atoms with Gasteiger partial charge in [-0.25, -0.2) is 0 Å². The fourth-order valence-electron chi connectivity index (χ4n) is 6.42. The van der Waals surface area contributed by atoms with E-state index < -0.39 is 0 Å². The summed E-state index contributed by atoms with van der Waals surface area (Å²) in [5.41, 5.74) is 4.66. The van der Waals surface area contributed by atoms with E-state index in [1.165, 1.54) is 55.3 Å². The molecule has 2 fully saturated rings. The Morgan fingerprint density at radius 1 is 1.10 bits per heavy atom. The minimum absolute atomic E-state index is 0. The van der Waals surface area contributed by atoms with Crippen LogP contribution in [0.15, 0.2) is 42.5 Å². The number of ether oxygens (including phenoxy) is 1. The number of rotatable bonds is 4. The third-order valence-electron chi connectivity index (χ3n) is 7.78. The van der Waals surface area contributed by atoms with E-state index >= 15 is 0 Å². The van der Waals surface area contributed by atoms with Crippen LogP contribution in [0.5, 0.6) is 11.5 Å². The summed E-state index contributed by atoms with van der Waals surface area (Å²) < 4.78 is 5.29. The van der Waals surface area contributed by atoms with Crippen molar-refractivity contribution in [3.05, 3.63) is 59.2 Å². The first-order chi connectivity index (χ1) is 13.7. The first-order valence-electron chi connectivity index (χ1n) is 10.9. The summed E-state index contributed by atoms with van der Waals surface area (Å²) >= 11 is 0. The van der Waals surface area contributed by atoms with Crippen LogP contribution >= 0.6 is 12.4 Å². The Morgan fingerprint density at radius 3 is 2.72 bits per heavy atom. The van der Waals surface area contributed by atoms with E-state index in [0.717, 1.165) is 31.1 Å². The SMILES string of the molecule is COc1ccc(CCN2CC[C@@]34CCCC[C@H]3[C@@H]2Cc2ccc(O)cc24)cc1.Cl. The number of aromatic hydroxyl groups is 1. The third-order valence-corrected chi connectivity index (χ3v) is 7.78. The maximum atomic E-state index is 10.2. The summed E-state index contributed by atoms with van der Waals surface area (Å²) in [4.78, 5) is 2.77. The highest BCUT2D eigenvalue weighted by Crippen LogP contribution is 2.56. The zero-order valence-corrected chi connectivity index (χ0v) is 18.1. The lowest BCUT2D eigenvalue weighted by atomic mass is 9.52. The lowest BCUT2D eigenvalue weighted by Crippen LogP contribution is -2.61. The molecule has 3 atom stereocenters. The second-order valence-corrected chi connectivity index (χ2v) is 9.01. The summed E-state index contributed by atoms with van der Waals surface area (Å²) in [6.45, 7) is 2.32. The van der Waals surface area contributed by atoms with Gasteiger partial charge in [-0.05, 0) is 85.5 Å². The Bertz CT molecular complexity index is 852. The van der Waals surface area contributed by atoms with Gasteiger partial charge in [0, 0.05) is 18.0 Å². The second kappa shape index (κ2) is 8.20. The Balaban J connectivity index is 0.00000205. The first-order valence-corrected chi connectivity index (χ1v) is 10.9. The van der Waals surface area contributed by atoms with Crippen molar-refractivity contribution in [3.63, 3.8) is 0 Å². The van der Waals surface area contributed by atoms with Gasteiger partial charge in [0.15, 0.2) is 0 Å². The van der Waals surface area contributed by atoms with Crippen LogP contribution < -0.4 is 4.74 Å². The highest BCUT2D eigenvalue weighted by atomic mass is 35.5. The molecule has 2 bridgehead atoms. The molecule has 1 heterocycles. The molecule has 1 saturated carbocycles. The monoisotopic (exact) mass is 413 g/mol. The molecular formula is C25H32ClNO2. The van der Waals surface area contributed by atoms with E-state index in [9.17, 15) is 5.11 Å². The second-order valence-electron chi connectivity index (χ2n) is 9.01. The number of fused-ring (bicyclic) bond motifs is 1. The molecule has 0 radical (unpaired) electrons. The molecule has 0 spiro atoms. The summed E-state index contributed by atoms with van der Waals surface area (Å²) in [6, 6.07) is 15.4. The van der Waals surface area contributed by atoms with Crippen molar-refractivity contribution < 1.29 is 9.84 Å². The van der Waals surface area contributed by atoms with Crippen molar-refractivity contribution in [2.75, 3.05) is 20.2 Å². The molecule has 1 saturated heterocycles. The summed E-state index contributed by atoms with van der Waals surface area (Å²) in [5, 5.41) is 10.2. The fourth-order valence-corrected chi connectivity index (χ4v) is 6.42. The summed E-state index contributed by atoms with van der Waals surface area (Å²) in [6.07, 6.45) is 8.84. The molecule has 2 aromatic carbocycles. The summed E-state index contributed by atoms with van der Waals surface area (Å²) in [7, 11) is 1.72. The van der Waals surface area contributed by atoms with Gasteiger partial charge in [-0.1, -0.05) is 31.0 Å². The third kappa shape index (κ3) is 3.53. The Hall–Kier alpha value is -1.71. The largest absolute Gasteiger partial charge is 0.508 e. The number of halogens is 1. The van der Waals surface area contributed by atoms with Crippen molar-refractivity contribution >= 4 is 12.4 Å². The zero-order chi connectivity index (χ0) is 19.1. The number of phenols is 1. The van der Waals surface area contributed by atoms with Crippen LogP contribution in [0, 0.1) is 5.92 Å². The molecule has 2 aromatic rings. The molecule has 3 aliphatic rings. The van der Waals surface area contributed by atoms with E-state index in [0.29, 0.717) is 17.2 Å². The Labute approximate surface area is 180 Å². The van der Waals surface area contributed by atoms with Crippen molar-refractivity contribution in [1.29, 1.82) is 0 Å². The molecule has 5 rings (SSSR count). The fraction of sp³-hybridized carbons (Fsp3) is 0.520. The van der Waals surface area contributed by atoms with Crippen LogP contribution in [0.4, 0.5) is 0 Å². The molecule has 3 nitrogen and oxygen atoms in total. The van der Waals surface area contributed by atoms with Crippen molar-refractivity contribution in [1.82, 2.24) is 4.90 Å². The molecule has 0 unspecified atom stereocenters. The zero-order valence-electron chi connectivity index (χ0n) is 17.3. The van der Waals surface area contributed by atoms with Crippen LogP contribution in [0.25, 0.3) is 0 Å². The number of phenolic OH excluding ortho intramolecular Hbond substituents is 1. The molecule has 4 heteroatoms. The number of nitrogens with zero attached hydrogens (tertiary/aromatic N) is 1. The van der Waals surface area contributed by atoms with Gasteiger partial charge in [-0.3, -0.25) is 4.90 Å². The highest BCUT2D eigenvalue weighted by molar-refractivity contribution is 5.85. The molecule has 0 aromatic heterocycles. The van der Waals surface area contributed by atoms with Gasteiger partial charge in [0.05, 0.1) is 7.11 Å². The Kier molecular flexibility index (Phi) is 5.81. The van der Waals surface area contributed by atoms with Crippen molar-refractivity contribution in [2.24, 2.45) is 5.92 Å². The summed E-state index contributed by atoms with van der Waals surface area (Å²) in [5.74, 6) is 2.12. The lowest BCUT2D eigenvalue weighted by molar-refractivity contribution is -0.0106. The lowest BCUT2D eigenvalue weighted by Gasteiger charge is -2.59. The minimum Gasteiger partial charge on any atom is -0.508 e. The van der Waals surface area contributed by atoms with E-state index in [4.69, 9.17) is 4.74 Å². The molecule has 29 heavy (non-hydrogen) atoms. The van der Waals surface area contributed by atoms with Gasteiger partial charge >= 0.3 is 0 Å². The first kappa shape index (κ1) is 20.6. The molecule has 1 aliphatic heterocycles. The average Bonchev–Trinajstić information content (AvgIpc) is 2.74. The normalized spacial score (nSPS) is 28.0. The molecular weight excluding hydrogens is 382 g/mol. The quantitative estimate of drug-likeness (QED) is 0.754. The van der Waals surface area contributed by atoms with Crippen LogP contribution in [0.1, 0.15) is 48.8 Å². The van der Waals surface area contributed by atoms with Crippen LogP contribution in [-0.4, -0.2) is 36.2 Å². The van der Waals surface area contributed by atoms with Crippen LogP contribution in [0.2, 0.25) is 0 Å². The number of methoxy groups -OCH3 is 1. The average molecular weight is 414 g/mol. The molecule has 1 N–H and O–H groups in total. The number of benzene rings is 2. The maximum absolute atomic E-state index is 10.2. The van der Waals surface area contributed by atoms with E-state index in [1.54, 1.807) is 7.11 Å². The predicted octanol–water partition coefficient (Wildman–Crippen LogP) is 5.12. The minimum atomic E-state index is 0. The van der Waals surface area contributed by atoms with Crippen LogP contribution in [-0.2, 0) is 18.3 Å². The van der Waals surface area contributed by atoms with E-state index in [1.807, 2.05) is 6.07 Å². The van der Waals surface area contributed by atoms with E-state index in [-0.39, 0.29) is 12.4 Å². The van der Waals surface area contributed by atoms with E-state index in [2.05, 4.69) is 41.3 Å². The standard InChI is InChI=1S/C25H31NO2.ClH/c1-28-21-9-5-18(6-10-21)11-14-26-15-13-25-12-3-2-4-22(25)24(26)16-19-7-8-20(27)17-23(19)25;/h5-10,17,22,24,27H,2-4,11-16H2,1H3;1H/t22-,24-,25-;/m0./s1. The van der Waals surface area contributed by atoms with Gasteiger partial charge in [-0.15, -0.1) is 12.4 Å². The number of hydrogen-bond acceptors (Lipinski definition) is 3. The number of likely N-dealkylation sites (tertiary alicyclic amines) is 1. The molecule has 2 aliphatic carbocycles.